The van der Waals surface area contributed by atoms with Gasteiger partial charge >= 0.3 is 0 Å². The Labute approximate surface area is 66.9 Å². The number of carbonyl (C=O) groups is 1. The first-order valence-corrected chi connectivity index (χ1v) is 3.39. The summed E-state index contributed by atoms with van der Waals surface area (Å²) in [6.07, 6.45) is 1.83. The number of aliphatic imine (C=N–C) groups is 1. The van der Waals surface area contributed by atoms with E-state index in [9.17, 15) is 4.79 Å². The molecule has 0 aliphatic heterocycles. The fraction of sp³-hybridized carbons (Fsp3) is 0.714. The van der Waals surface area contributed by atoms with Gasteiger partial charge in [-0.1, -0.05) is 0 Å². The molecule has 0 bridgehead atoms. The predicted molar refractivity (Wildman–Crippen MR) is 43.7 cm³/mol. The van der Waals surface area contributed by atoms with Crippen LogP contribution < -0.4 is 0 Å². The van der Waals surface area contributed by atoms with Crippen LogP contribution in [0.25, 0.3) is 0 Å². The van der Waals surface area contributed by atoms with Gasteiger partial charge < -0.3 is 9.64 Å². The maximum atomic E-state index is 10.8. The molecule has 0 atom stereocenters. The number of carbonyl (C=O) groups excluding carboxylic acids is 1. The van der Waals surface area contributed by atoms with E-state index in [2.05, 4.69) is 4.99 Å². The molecule has 11 heavy (non-hydrogen) atoms. The van der Waals surface area contributed by atoms with E-state index in [0.717, 1.165) is 0 Å². The Morgan fingerprint density at radius 2 is 2.27 bits per heavy atom. The van der Waals surface area contributed by atoms with Gasteiger partial charge in [0, 0.05) is 21.2 Å². The lowest BCUT2D eigenvalue weighted by Gasteiger charge is -2.00. The van der Waals surface area contributed by atoms with Gasteiger partial charge in [-0.2, -0.15) is 0 Å². The maximum absolute atomic E-state index is 10.8. The van der Waals surface area contributed by atoms with Gasteiger partial charge in [-0.25, -0.2) is 4.99 Å². The monoisotopic (exact) mass is 158 g/mol. The zero-order valence-corrected chi connectivity index (χ0v) is 7.20. The van der Waals surface area contributed by atoms with E-state index in [1.54, 1.807) is 12.0 Å². The van der Waals surface area contributed by atoms with E-state index >= 15 is 0 Å². The van der Waals surface area contributed by atoms with Crippen LogP contribution in [0.4, 0.5) is 0 Å². The number of rotatable bonds is 4. The molecule has 1 amide bonds. The number of methoxy groups -OCH3 is 1. The Morgan fingerprint density at radius 1 is 1.64 bits per heavy atom. The highest BCUT2D eigenvalue weighted by Gasteiger charge is 1.95. The molecule has 64 valence electrons. The molecule has 0 spiro atoms. The Balaban J connectivity index is 3.51. The first-order chi connectivity index (χ1) is 5.16. The molecule has 4 heteroatoms. The summed E-state index contributed by atoms with van der Waals surface area (Å²) in [5, 5.41) is 0. The Morgan fingerprint density at radius 3 is 2.73 bits per heavy atom. The summed E-state index contributed by atoms with van der Waals surface area (Å²) in [5.41, 5.74) is 0. The topological polar surface area (TPSA) is 41.9 Å². The molecule has 0 heterocycles. The van der Waals surface area contributed by atoms with E-state index in [1.165, 1.54) is 6.34 Å². The van der Waals surface area contributed by atoms with Crippen molar-refractivity contribution in [3.63, 3.8) is 0 Å². The van der Waals surface area contributed by atoms with Gasteiger partial charge in [0.15, 0.2) is 0 Å². The number of ether oxygens (including phenoxy) is 1. The van der Waals surface area contributed by atoms with Crippen molar-refractivity contribution in [2.45, 2.75) is 6.42 Å². The van der Waals surface area contributed by atoms with Crippen LogP contribution in [0.15, 0.2) is 4.99 Å². The Kier molecular flexibility index (Phi) is 5.37. The van der Waals surface area contributed by atoms with E-state index in [4.69, 9.17) is 4.74 Å². The SMILES string of the molecule is COCCC(=O)N=CN(C)C. The van der Waals surface area contributed by atoms with E-state index < -0.39 is 0 Å². The van der Waals surface area contributed by atoms with Crippen LogP contribution in [-0.4, -0.2) is 45.0 Å². The second-order valence-corrected chi connectivity index (χ2v) is 2.34. The molecule has 4 nitrogen and oxygen atoms in total. The zero-order valence-electron chi connectivity index (χ0n) is 7.20. The number of hydrogen-bond acceptors (Lipinski definition) is 2. The molecule has 0 aromatic heterocycles. The first-order valence-electron chi connectivity index (χ1n) is 3.39. The predicted octanol–water partition coefficient (Wildman–Crippen LogP) is 0.139. The summed E-state index contributed by atoms with van der Waals surface area (Å²) in [5.74, 6) is -0.152. The van der Waals surface area contributed by atoms with Crippen LogP contribution in [0.3, 0.4) is 0 Å². The van der Waals surface area contributed by atoms with Crippen molar-refractivity contribution in [2.24, 2.45) is 4.99 Å². The van der Waals surface area contributed by atoms with Crippen LogP contribution in [0, 0.1) is 0 Å². The van der Waals surface area contributed by atoms with Gasteiger partial charge in [0.25, 0.3) is 0 Å². The molecule has 0 rings (SSSR count). The molecule has 0 radical (unpaired) electrons. The van der Waals surface area contributed by atoms with Crippen molar-refractivity contribution in [3.8, 4) is 0 Å². The second-order valence-electron chi connectivity index (χ2n) is 2.34. The zero-order chi connectivity index (χ0) is 8.69. The normalized spacial score (nSPS) is 10.5. The molecule has 0 aromatic carbocycles. The smallest absolute Gasteiger partial charge is 0.249 e. The van der Waals surface area contributed by atoms with Crippen LogP contribution in [0.1, 0.15) is 6.42 Å². The number of nitrogens with zero attached hydrogens (tertiary/aromatic N) is 2. The third-order valence-corrected chi connectivity index (χ3v) is 0.953. The summed E-state index contributed by atoms with van der Waals surface area (Å²) < 4.78 is 4.71. The molecule has 0 aliphatic rings. The molecular formula is C7H14N2O2. The third kappa shape index (κ3) is 6.99. The van der Waals surface area contributed by atoms with Gasteiger partial charge in [0.1, 0.15) is 0 Å². The van der Waals surface area contributed by atoms with Gasteiger partial charge in [-0.3, -0.25) is 4.79 Å². The van der Waals surface area contributed by atoms with Crippen LogP contribution in [0.2, 0.25) is 0 Å². The average molecular weight is 158 g/mol. The lowest BCUT2D eigenvalue weighted by atomic mass is 10.4. The molecule has 0 unspecified atom stereocenters. The fourth-order valence-corrected chi connectivity index (χ4v) is 0.434. The first kappa shape index (κ1) is 10.1. The van der Waals surface area contributed by atoms with Crippen molar-refractivity contribution in [1.29, 1.82) is 0 Å². The average Bonchev–Trinajstić information content (AvgIpc) is 1.97. The van der Waals surface area contributed by atoms with Crippen molar-refractivity contribution in [1.82, 2.24) is 4.90 Å². The van der Waals surface area contributed by atoms with Crippen LogP contribution in [-0.2, 0) is 9.53 Å². The van der Waals surface area contributed by atoms with E-state index in [-0.39, 0.29) is 5.91 Å². The fourth-order valence-electron chi connectivity index (χ4n) is 0.434. The minimum Gasteiger partial charge on any atom is -0.384 e. The van der Waals surface area contributed by atoms with E-state index in [1.807, 2.05) is 14.1 Å². The second kappa shape index (κ2) is 5.85. The standard InChI is InChI=1S/C7H14N2O2/c1-9(2)6-8-7(10)4-5-11-3/h6H,4-5H2,1-3H3. The molecule has 0 saturated carbocycles. The van der Waals surface area contributed by atoms with Crippen molar-refractivity contribution in [2.75, 3.05) is 27.8 Å². The Hall–Kier alpha value is -0.900. The molecule has 0 N–H and O–H groups in total. The molecule has 0 fully saturated rings. The summed E-state index contributed by atoms with van der Waals surface area (Å²) in [6.45, 7) is 0.434. The summed E-state index contributed by atoms with van der Waals surface area (Å²) in [6, 6.07) is 0. The van der Waals surface area contributed by atoms with Crippen LogP contribution in [0.5, 0.6) is 0 Å². The van der Waals surface area contributed by atoms with Crippen molar-refractivity contribution < 1.29 is 9.53 Å². The molecule has 0 saturated heterocycles. The molecular weight excluding hydrogens is 144 g/mol. The van der Waals surface area contributed by atoms with Crippen molar-refractivity contribution >= 4 is 12.2 Å². The van der Waals surface area contributed by atoms with Gasteiger partial charge in [0.05, 0.1) is 19.4 Å². The molecule has 0 aliphatic carbocycles. The lowest BCUT2D eigenvalue weighted by Crippen LogP contribution is -2.10. The highest BCUT2D eigenvalue weighted by Crippen LogP contribution is 1.84. The molecule has 0 aromatic rings. The summed E-state index contributed by atoms with van der Waals surface area (Å²) in [4.78, 5) is 16.2. The maximum Gasteiger partial charge on any atom is 0.249 e. The van der Waals surface area contributed by atoms with Gasteiger partial charge in [0.2, 0.25) is 5.91 Å². The highest BCUT2D eigenvalue weighted by atomic mass is 16.5. The lowest BCUT2D eigenvalue weighted by molar-refractivity contribution is -0.118. The van der Waals surface area contributed by atoms with E-state index in [0.29, 0.717) is 13.0 Å². The van der Waals surface area contributed by atoms with Crippen molar-refractivity contribution in [3.05, 3.63) is 0 Å². The number of amides is 1. The third-order valence-electron chi connectivity index (χ3n) is 0.953. The highest BCUT2D eigenvalue weighted by molar-refractivity contribution is 5.84. The largest absolute Gasteiger partial charge is 0.384 e. The summed E-state index contributed by atoms with van der Waals surface area (Å²) in [7, 11) is 5.18. The van der Waals surface area contributed by atoms with Gasteiger partial charge in [-0.15, -0.1) is 0 Å². The van der Waals surface area contributed by atoms with Crippen LogP contribution >= 0.6 is 0 Å². The number of hydrogen-bond donors (Lipinski definition) is 0. The minimum absolute atomic E-state index is 0.152. The minimum atomic E-state index is -0.152. The van der Waals surface area contributed by atoms with Gasteiger partial charge in [-0.05, 0) is 0 Å². The quantitative estimate of drug-likeness (QED) is 0.431. The summed E-state index contributed by atoms with van der Waals surface area (Å²) >= 11 is 0. The Bertz CT molecular complexity index is 143.